The second kappa shape index (κ2) is 5.58. The highest BCUT2D eigenvalue weighted by atomic mass is 32.2. The molecule has 1 aliphatic rings. The van der Waals surface area contributed by atoms with Gasteiger partial charge in [0.05, 0.1) is 6.10 Å². The van der Waals surface area contributed by atoms with Gasteiger partial charge in [-0.05, 0) is 67.1 Å². The number of halogens is 1. The quantitative estimate of drug-likeness (QED) is 0.896. The molecule has 1 N–H and O–H groups in total. The van der Waals surface area contributed by atoms with Crippen LogP contribution in [0.4, 0.5) is 4.39 Å². The first kappa shape index (κ1) is 13.7. The summed E-state index contributed by atoms with van der Waals surface area (Å²) in [6, 6.07) is 11.3. The van der Waals surface area contributed by atoms with Crippen LogP contribution in [-0.2, 0) is 12.8 Å². The minimum Gasteiger partial charge on any atom is -0.389 e. The fraction of sp³-hybridized carbons (Fsp3) is 0.294. The Labute approximate surface area is 122 Å². The molecular formula is C17H17FOS. The zero-order valence-corrected chi connectivity index (χ0v) is 12.2. The van der Waals surface area contributed by atoms with Crippen molar-refractivity contribution in [2.45, 2.75) is 42.1 Å². The van der Waals surface area contributed by atoms with Gasteiger partial charge >= 0.3 is 0 Å². The number of aliphatic hydroxyl groups is 1. The van der Waals surface area contributed by atoms with Crippen LogP contribution in [0, 0.1) is 5.82 Å². The summed E-state index contributed by atoms with van der Waals surface area (Å²) >= 11 is 1.44. The summed E-state index contributed by atoms with van der Waals surface area (Å²) in [6.07, 6.45) is 2.88. The summed E-state index contributed by atoms with van der Waals surface area (Å²) in [6.45, 7) is 1.64. The first-order valence-corrected chi connectivity index (χ1v) is 7.72. The standard InChI is InChI=1S/C17H17FOS/c1-11(19)13-6-8-17(16(18)10-13)20-15-7-5-12-3-2-4-14(12)9-15/h5-11,19H,2-4H2,1H3/t11-/m1/s1. The molecule has 0 fully saturated rings. The van der Waals surface area contributed by atoms with Crippen molar-refractivity contribution in [3.63, 3.8) is 0 Å². The maximum atomic E-state index is 14.0. The van der Waals surface area contributed by atoms with Crippen LogP contribution in [0.25, 0.3) is 0 Å². The van der Waals surface area contributed by atoms with E-state index in [0.717, 1.165) is 17.7 Å². The highest BCUT2D eigenvalue weighted by Crippen LogP contribution is 2.34. The first-order chi connectivity index (χ1) is 9.63. The molecule has 20 heavy (non-hydrogen) atoms. The van der Waals surface area contributed by atoms with Gasteiger partial charge in [-0.25, -0.2) is 4.39 Å². The molecule has 1 nitrogen and oxygen atoms in total. The molecule has 0 spiro atoms. The van der Waals surface area contributed by atoms with E-state index in [1.807, 2.05) is 0 Å². The monoisotopic (exact) mass is 288 g/mol. The zero-order chi connectivity index (χ0) is 14.1. The van der Waals surface area contributed by atoms with Gasteiger partial charge in [-0.15, -0.1) is 0 Å². The van der Waals surface area contributed by atoms with Crippen molar-refractivity contribution in [1.82, 2.24) is 0 Å². The average molecular weight is 288 g/mol. The fourth-order valence-electron chi connectivity index (χ4n) is 2.60. The van der Waals surface area contributed by atoms with Crippen LogP contribution in [0.15, 0.2) is 46.2 Å². The number of hydrogen-bond acceptors (Lipinski definition) is 2. The van der Waals surface area contributed by atoms with E-state index >= 15 is 0 Å². The number of aliphatic hydroxyl groups excluding tert-OH is 1. The number of fused-ring (bicyclic) bond motifs is 1. The van der Waals surface area contributed by atoms with E-state index in [-0.39, 0.29) is 5.82 Å². The zero-order valence-electron chi connectivity index (χ0n) is 11.4. The van der Waals surface area contributed by atoms with Gasteiger partial charge in [0.15, 0.2) is 0 Å². The molecule has 104 valence electrons. The maximum absolute atomic E-state index is 14.0. The lowest BCUT2D eigenvalue weighted by Crippen LogP contribution is -1.93. The number of hydrogen-bond donors (Lipinski definition) is 1. The topological polar surface area (TPSA) is 20.2 Å². The molecule has 2 aromatic rings. The normalized spacial score (nSPS) is 15.2. The lowest BCUT2D eigenvalue weighted by Gasteiger charge is -2.09. The molecule has 0 saturated heterocycles. The van der Waals surface area contributed by atoms with Crippen molar-refractivity contribution in [1.29, 1.82) is 0 Å². The minimum atomic E-state index is -0.636. The molecule has 2 aromatic carbocycles. The second-order valence-corrected chi connectivity index (χ2v) is 6.37. The van der Waals surface area contributed by atoms with E-state index in [1.54, 1.807) is 19.1 Å². The Morgan fingerprint density at radius 1 is 1.10 bits per heavy atom. The molecule has 0 unspecified atom stereocenters. The van der Waals surface area contributed by atoms with Crippen molar-refractivity contribution < 1.29 is 9.50 Å². The third-order valence-corrected chi connectivity index (χ3v) is 4.78. The second-order valence-electron chi connectivity index (χ2n) is 5.25. The average Bonchev–Trinajstić information content (AvgIpc) is 2.88. The molecule has 1 atom stereocenters. The van der Waals surface area contributed by atoms with Crippen LogP contribution in [0.3, 0.4) is 0 Å². The van der Waals surface area contributed by atoms with E-state index in [1.165, 1.54) is 35.4 Å². The lowest BCUT2D eigenvalue weighted by atomic mass is 10.1. The highest BCUT2D eigenvalue weighted by molar-refractivity contribution is 7.99. The summed E-state index contributed by atoms with van der Waals surface area (Å²) < 4.78 is 14.0. The minimum absolute atomic E-state index is 0.270. The van der Waals surface area contributed by atoms with Gasteiger partial charge in [0, 0.05) is 9.79 Å². The third-order valence-electron chi connectivity index (χ3n) is 3.74. The summed E-state index contributed by atoms with van der Waals surface area (Å²) in [5.74, 6) is -0.270. The molecule has 0 heterocycles. The van der Waals surface area contributed by atoms with E-state index in [2.05, 4.69) is 18.2 Å². The summed E-state index contributed by atoms with van der Waals surface area (Å²) in [4.78, 5) is 1.68. The van der Waals surface area contributed by atoms with Gasteiger partial charge in [-0.2, -0.15) is 0 Å². The lowest BCUT2D eigenvalue weighted by molar-refractivity contribution is 0.198. The SMILES string of the molecule is C[C@@H](O)c1ccc(Sc2ccc3c(c2)CCC3)c(F)c1. The molecule has 3 heteroatoms. The summed E-state index contributed by atoms with van der Waals surface area (Å²) in [5, 5.41) is 9.46. The largest absolute Gasteiger partial charge is 0.389 e. The van der Waals surface area contributed by atoms with Gasteiger partial charge in [0.1, 0.15) is 5.82 Å². The van der Waals surface area contributed by atoms with Crippen LogP contribution in [0.2, 0.25) is 0 Å². The summed E-state index contributed by atoms with van der Waals surface area (Å²) in [5.41, 5.74) is 3.44. The van der Waals surface area contributed by atoms with Gasteiger partial charge in [-0.1, -0.05) is 23.9 Å². The molecule has 0 saturated carbocycles. The highest BCUT2D eigenvalue weighted by Gasteiger charge is 2.13. The predicted octanol–water partition coefficient (Wildman–Crippen LogP) is 4.52. The third kappa shape index (κ3) is 2.74. The Balaban J connectivity index is 1.84. The van der Waals surface area contributed by atoms with Gasteiger partial charge < -0.3 is 5.11 Å². The Morgan fingerprint density at radius 3 is 2.65 bits per heavy atom. The van der Waals surface area contributed by atoms with E-state index in [0.29, 0.717) is 10.5 Å². The van der Waals surface area contributed by atoms with Gasteiger partial charge in [0.25, 0.3) is 0 Å². The molecule has 1 aliphatic carbocycles. The summed E-state index contributed by atoms with van der Waals surface area (Å²) in [7, 11) is 0. The van der Waals surface area contributed by atoms with Crippen LogP contribution in [-0.4, -0.2) is 5.11 Å². The molecule has 0 amide bonds. The van der Waals surface area contributed by atoms with E-state index in [9.17, 15) is 9.50 Å². The first-order valence-electron chi connectivity index (χ1n) is 6.90. The molecule has 0 aliphatic heterocycles. The van der Waals surface area contributed by atoms with Crippen molar-refractivity contribution in [2.24, 2.45) is 0 Å². The van der Waals surface area contributed by atoms with Gasteiger partial charge in [-0.3, -0.25) is 0 Å². The van der Waals surface area contributed by atoms with Crippen molar-refractivity contribution in [3.05, 3.63) is 58.9 Å². The number of benzene rings is 2. The van der Waals surface area contributed by atoms with Crippen molar-refractivity contribution in [3.8, 4) is 0 Å². The van der Waals surface area contributed by atoms with Crippen LogP contribution in [0.5, 0.6) is 0 Å². The van der Waals surface area contributed by atoms with Crippen LogP contribution < -0.4 is 0 Å². The Morgan fingerprint density at radius 2 is 1.90 bits per heavy atom. The van der Waals surface area contributed by atoms with Crippen molar-refractivity contribution in [2.75, 3.05) is 0 Å². The van der Waals surface area contributed by atoms with Crippen LogP contribution >= 0.6 is 11.8 Å². The maximum Gasteiger partial charge on any atom is 0.137 e. The Kier molecular flexibility index (Phi) is 3.81. The van der Waals surface area contributed by atoms with Crippen molar-refractivity contribution >= 4 is 11.8 Å². The van der Waals surface area contributed by atoms with E-state index < -0.39 is 6.10 Å². The van der Waals surface area contributed by atoms with Crippen LogP contribution in [0.1, 0.15) is 36.1 Å². The Bertz CT molecular complexity index is 637. The smallest absolute Gasteiger partial charge is 0.137 e. The Hall–Kier alpha value is -1.32. The number of rotatable bonds is 3. The number of aryl methyl sites for hydroxylation is 2. The fourth-order valence-corrected chi connectivity index (χ4v) is 3.48. The molecule has 0 radical (unpaired) electrons. The molecular weight excluding hydrogens is 271 g/mol. The molecule has 0 bridgehead atoms. The molecule has 0 aromatic heterocycles. The molecule has 3 rings (SSSR count). The van der Waals surface area contributed by atoms with E-state index in [4.69, 9.17) is 0 Å². The van der Waals surface area contributed by atoms with Gasteiger partial charge in [0.2, 0.25) is 0 Å². The predicted molar refractivity (Wildman–Crippen MR) is 79.6 cm³/mol.